The summed E-state index contributed by atoms with van der Waals surface area (Å²) in [5.41, 5.74) is 0.0941. The Balaban J connectivity index is 1.71. The zero-order valence-electron chi connectivity index (χ0n) is 17.2. The fourth-order valence-electron chi connectivity index (χ4n) is 6.31. The minimum absolute atomic E-state index is 0.173. The predicted molar refractivity (Wildman–Crippen MR) is 100 cm³/mol. The Morgan fingerprint density at radius 2 is 1.69 bits per heavy atom. The Labute approximate surface area is 158 Å². The van der Waals surface area contributed by atoms with Gasteiger partial charge < -0.3 is 9.47 Å². The van der Waals surface area contributed by atoms with E-state index in [9.17, 15) is 9.59 Å². The molecule has 0 N–H and O–H groups in total. The lowest BCUT2D eigenvalue weighted by Gasteiger charge is -2.64. The number of hydrogen-bond acceptors (Lipinski definition) is 4. The van der Waals surface area contributed by atoms with Crippen molar-refractivity contribution in [3.63, 3.8) is 0 Å². The smallest absolute Gasteiger partial charge is 0.344 e. The average Bonchev–Trinajstić information content (AvgIpc) is 2.54. The highest BCUT2D eigenvalue weighted by atomic mass is 16.6. The number of carbonyl (C=O) groups excluding carboxylic acids is 2. The molecule has 4 nitrogen and oxygen atoms in total. The third-order valence-electron chi connectivity index (χ3n) is 7.26. The second-order valence-corrected chi connectivity index (χ2v) is 10.1. The van der Waals surface area contributed by atoms with Gasteiger partial charge in [0.1, 0.15) is 5.60 Å². The molecule has 4 heteroatoms. The van der Waals surface area contributed by atoms with Crippen LogP contribution in [0.2, 0.25) is 0 Å². The average molecular weight is 365 g/mol. The molecule has 0 aromatic rings. The number of hydrogen-bond donors (Lipinski definition) is 0. The molecule has 4 bridgehead atoms. The molecule has 0 spiro atoms. The second kappa shape index (κ2) is 7.16. The highest BCUT2D eigenvalue weighted by Gasteiger charge is 2.62. The maximum absolute atomic E-state index is 12.6. The predicted octanol–water partition coefficient (Wildman–Crippen LogP) is 4.75. The summed E-state index contributed by atoms with van der Waals surface area (Å²) < 4.78 is 11.4. The maximum atomic E-state index is 12.6. The standard InChI is InChI=1S/C22H36O4/c1-6-15(4)20(24)25-13-19(23)26-22(9-14(2)3)17-7-16-8-18(22)12-21(5,10-16)11-17/h14-18H,6-13H2,1-5H3. The van der Waals surface area contributed by atoms with Gasteiger partial charge in [0.2, 0.25) is 0 Å². The van der Waals surface area contributed by atoms with Crippen LogP contribution in [-0.2, 0) is 19.1 Å². The molecular formula is C22H36O4. The fraction of sp³-hybridized carbons (Fsp3) is 0.909. The lowest BCUT2D eigenvalue weighted by atomic mass is 9.44. The first-order chi connectivity index (χ1) is 12.2. The molecular weight excluding hydrogens is 328 g/mol. The van der Waals surface area contributed by atoms with Crippen LogP contribution in [0.3, 0.4) is 0 Å². The maximum Gasteiger partial charge on any atom is 0.344 e. The minimum atomic E-state index is -0.361. The summed E-state index contributed by atoms with van der Waals surface area (Å²) in [4.78, 5) is 24.5. The van der Waals surface area contributed by atoms with E-state index in [4.69, 9.17) is 9.47 Å². The second-order valence-electron chi connectivity index (χ2n) is 10.1. The van der Waals surface area contributed by atoms with Gasteiger partial charge in [-0.05, 0) is 74.0 Å². The molecule has 3 unspecified atom stereocenters. The largest absolute Gasteiger partial charge is 0.456 e. The highest BCUT2D eigenvalue weighted by molar-refractivity contribution is 5.77. The van der Waals surface area contributed by atoms with Gasteiger partial charge >= 0.3 is 11.9 Å². The van der Waals surface area contributed by atoms with Crippen LogP contribution in [0.15, 0.2) is 0 Å². The molecule has 0 aromatic heterocycles. The zero-order valence-corrected chi connectivity index (χ0v) is 17.2. The molecule has 4 aliphatic rings. The molecule has 0 heterocycles. The normalized spacial score (nSPS) is 39.1. The Morgan fingerprint density at radius 3 is 2.19 bits per heavy atom. The van der Waals surface area contributed by atoms with Crippen LogP contribution in [0, 0.1) is 35.0 Å². The molecule has 4 saturated carbocycles. The van der Waals surface area contributed by atoms with E-state index in [0.717, 1.165) is 18.8 Å². The van der Waals surface area contributed by atoms with E-state index in [1.54, 1.807) is 0 Å². The van der Waals surface area contributed by atoms with E-state index < -0.39 is 0 Å². The molecule has 148 valence electrons. The van der Waals surface area contributed by atoms with E-state index in [0.29, 0.717) is 23.2 Å². The lowest BCUT2D eigenvalue weighted by Crippen LogP contribution is -2.62. The van der Waals surface area contributed by atoms with E-state index in [2.05, 4.69) is 20.8 Å². The SMILES string of the molecule is CCC(C)C(=O)OCC(=O)OC1(CC(C)C)C2CC3CC1CC(C)(C3)C2. The number of rotatable bonds is 7. The van der Waals surface area contributed by atoms with Gasteiger partial charge in [-0.3, -0.25) is 4.79 Å². The van der Waals surface area contributed by atoms with E-state index in [-0.39, 0.29) is 30.1 Å². The van der Waals surface area contributed by atoms with Crippen LogP contribution < -0.4 is 0 Å². The Hall–Kier alpha value is -1.06. The summed E-state index contributed by atoms with van der Waals surface area (Å²) in [5, 5.41) is 0. The minimum Gasteiger partial charge on any atom is -0.456 e. The summed E-state index contributed by atoms with van der Waals surface area (Å²) in [6, 6.07) is 0. The molecule has 0 aromatic carbocycles. The van der Waals surface area contributed by atoms with Gasteiger partial charge in [-0.15, -0.1) is 0 Å². The molecule has 0 aliphatic heterocycles. The van der Waals surface area contributed by atoms with Crippen LogP contribution in [-0.4, -0.2) is 24.1 Å². The van der Waals surface area contributed by atoms with Gasteiger partial charge in [0.05, 0.1) is 5.92 Å². The van der Waals surface area contributed by atoms with Crippen molar-refractivity contribution >= 4 is 11.9 Å². The third-order valence-corrected chi connectivity index (χ3v) is 7.26. The monoisotopic (exact) mass is 364 g/mol. The van der Waals surface area contributed by atoms with Gasteiger partial charge in [-0.25, -0.2) is 4.79 Å². The molecule has 0 amide bonds. The van der Waals surface area contributed by atoms with Crippen molar-refractivity contribution in [3.05, 3.63) is 0 Å². The molecule has 3 atom stereocenters. The molecule has 4 aliphatic carbocycles. The van der Waals surface area contributed by atoms with Gasteiger partial charge in [0.25, 0.3) is 0 Å². The Morgan fingerprint density at radius 1 is 1.08 bits per heavy atom. The quantitative estimate of drug-likeness (QED) is 0.612. The first-order valence-electron chi connectivity index (χ1n) is 10.6. The molecule has 4 fully saturated rings. The van der Waals surface area contributed by atoms with Crippen molar-refractivity contribution in [1.29, 1.82) is 0 Å². The van der Waals surface area contributed by atoms with Crippen LogP contribution in [0.25, 0.3) is 0 Å². The summed E-state index contributed by atoms with van der Waals surface area (Å²) in [5.74, 6) is 1.38. The van der Waals surface area contributed by atoms with Crippen LogP contribution in [0.1, 0.15) is 79.6 Å². The van der Waals surface area contributed by atoms with Crippen LogP contribution in [0.4, 0.5) is 0 Å². The van der Waals surface area contributed by atoms with E-state index >= 15 is 0 Å². The first kappa shape index (κ1) is 19.7. The third kappa shape index (κ3) is 3.66. The van der Waals surface area contributed by atoms with Gasteiger partial charge in [0.15, 0.2) is 6.61 Å². The fourth-order valence-corrected chi connectivity index (χ4v) is 6.31. The van der Waals surface area contributed by atoms with Crippen molar-refractivity contribution in [2.75, 3.05) is 6.61 Å². The summed E-state index contributed by atoms with van der Waals surface area (Å²) >= 11 is 0. The van der Waals surface area contributed by atoms with Crippen LogP contribution >= 0.6 is 0 Å². The first-order valence-corrected chi connectivity index (χ1v) is 10.6. The number of ether oxygens (including phenoxy) is 2. The summed E-state index contributed by atoms with van der Waals surface area (Å²) in [6.07, 6.45) is 7.72. The molecule has 0 saturated heterocycles. The van der Waals surface area contributed by atoms with Crippen molar-refractivity contribution < 1.29 is 19.1 Å². The summed E-state index contributed by atoms with van der Waals surface area (Å²) in [6.45, 7) is 10.4. The van der Waals surface area contributed by atoms with E-state index in [1.807, 2.05) is 13.8 Å². The van der Waals surface area contributed by atoms with Crippen LogP contribution in [0.5, 0.6) is 0 Å². The Bertz CT molecular complexity index is 536. The van der Waals surface area contributed by atoms with Crippen molar-refractivity contribution in [2.24, 2.45) is 35.0 Å². The molecule has 26 heavy (non-hydrogen) atoms. The Kier molecular flexibility index (Phi) is 5.43. The van der Waals surface area contributed by atoms with Gasteiger partial charge in [-0.1, -0.05) is 34.6 Å². The van der Waals surface area contributed by atoms with Crippen molar-refractivity contribution in [1.82, 2.24) is 0 Å². The van der Waals surface area contributed by atoms with E-state index in [1.165, 1.54) is 32.1 Å². The molecule has 0 radical (unpaired) electrons. The zero-order chi connectivity index (χ0) is 19.1. The van der Waals surface area contributed by atoms with Crippen molar-refractivity contribution in [3.8, 4) is 0 Å². The lowest BCUT2D eigenvalue weighted by molar-refractivity contribution is -0.230. The van der Waals surface area contributed by atoms with Gasteiger partial charge in [-0.2, -0.15) is 0 Å². The van der Waals surface area contributed by atoms with Gasteiger partial charge in [0, 0.05) is 0 Å². The summed E-state index contributed by atoms with van der Waals surface area (Å²) in [7, 11) is 0. The number of carbonyl (C=O) groups is 2. The molecule has 4 rings (SSSR count). The topological polar surface area (TPSA) is 52.6 Å². The highest BCUT2D eigenvalue weighted by Crippen LogP contribution is 2.65. The number of esters is 2. The van der Waals surface area contributed by atoms with Crippen molar-refractivity contribution in [2.45, 2.75) is 85.2 Å².